The van der Waals surface area contributed by atoms with Gasteiger partial charge in [-0.05, 0) is 97.7 Å². The van der Waals surface area contributed by atoms with Crippen LogP contribution in [0.3, 0.4) is 0 Å². The summed E-state index contributed by atoms with van der Waals surface area (Å²) in [6.07, 6.45) is 9.85. The maximum absolute atomic E-state index is 12.6. The van der Waals surface area contributed by atoms with E-state index >= 15 is 0 Å². The number of rotatable bonds is 0. The predicted octanol–water partition coefficient (Wildman–Crippen LogP) is 5.66. The molecule has 11 atom stereocenters. The van der Waals surface area contributed by atoms with Crippen molar-refractivity contribution in [3.05, 3.63) is 11.6 Å². The molecule has 6 rings (SSSR count). The predicted molar refractivity (Wildman–Crippen MR) is 132 cm³/mol. The summed E-state index contributed by atoms with van der Waals surface area (Å²) in [4.78, 5) is 12.6. The molecule has 0 amide bonds. The molecule has 0 bridgehead atoms. The quantitative estimate of drug-likeness (QED) is 0.354. The van der Waals surface area contributed by atoms with E-state index in [2.05, 4.69) is 47.6 Å². The van der Waals surface area contributed by atoms with E-state index in [1.54, 1.807) is 0 Å². The van der Waals surface area contributed by atoms with Gasteiger partial charge >= 0.3 is 5.97 Å². The SMILES string of the molecule is CC12CC3C4=CCC5C6(C)CCC(O)C(C)(C)C6CCC5(C)C4(C)CCC3(C)C(O)C1OC2=O. The lowest BCUT2D eigenvalue weighted by atomic mass is 9.33. The molecule has 1 heterocycles. The number of aliphatic hydroxyl groups is 2. The number of allylic oxidation sites excluding steroid dienone is 2. The van der Waals surface area contributed by atoms with Gasteiger partial charge in [0.25, 0.3) is 0 Å². The van der Waals surface area contributed by atoms with E-state index in [0.717, 1.165) is 38.5 Å². The summed E-state index contributed by atoms with van der Waals surface area (Å²) in [6, 6.07) is 0. The zero-order valence-corrected chi connectivity index (χ0v) is 22.4. The number of carbonyl (C=O) groups excluding carboxylic acids is 1. The number of hydrogen-bond acceptors (Lipinski definition) is 4. The van der Waals surface area contributed by atoms with Crippen molar-refractivity contribution in [2.75, 3.05) is 0 Å². The van der Waals surface area contributed by atoms with E-state index < -0.39 is 11.5 Å². The molecule has 2 N–H and O–H groups in total. The first kappa shape index (κ1) is 23.5. The molecule has 0 spiro atoms. The largest absolute Gasteiger partial charge is 0.458 e. The van der Waals surface area contributed by atoms with Crippen LogP contribution in [0.5, 0.6) is 0 Å². The van der Waals surface area contributed by atoms with Crippen LogP contribution in [0.1, 0.15) is 99.8 Å². The maximum Gasteiger partial charge on any atom is 0.316 e. The standard InChI is InChI=1S/C30H46O4/c1-25(2)19-10-13-30(7)20(27(19,4)12-11-21(25)31)9-8-17-18-16-28(5)23(34-24(28)33)22(32)26(18,3)14-15-29(17,30)6/h8,18-23,31-32H,9-16H2,1-7H3. The minimum absolute atomic E-state index is 0.0357. The summed E-state index contributed by atoms with van der Waals surface area (Å²) in [7, 11) is 0. The number of hydrogen-bond donors (Lipinski definition) is 2. The van der Waals surface area contributed by atoms with Gasteiger partial charge in [0.1, 0.15) is 11.5 Å². The minimum atomic E-state index is -0.584. The fourth-order valence-electron chi connectivity index (χ4n) is 11.1. The third-order valence-electron chi connectivity index (χ3n) is 13.8. The molecule has 1 aliphatic heterocycles. The number of fused-ring (bicyclic) bond motifs is 8. The summed E-state index contributed by atoms with van der Waals surface area (Å²) < 4.78 is 5.51. The number of ether oxygens (including phenoxy) is 1. The normalized spacial score (nSPS) is 59.7. The molecule has 190 valence electrons. The van der Waals surface area contributed by atoms with Gasteiger partial charge in [0.15, 0.2) is 0 Å². The summed E-state index contributed by atoms with van der Waals surface area (Å²) >= 11 is 0. The second-order valence-corrected chi connectivity index (χ2v) is 15.1. The van der Waals surface area contributed by atoms with Gasteiger partial charge in [0, 0.05) is 5.41 Å². The van der Waals surface area contributed by atoms with Gasteiger partial charge in [-0.1, -0.05) is 53.2 Å². The Morgan fingerprint density at radius 1 is 0.882 bits per heavy atom. The Labute approximate surface area is 205 Å². The molecule has 6 aliphatic rings. The lowest BCUT2D eigenvalue weighted by Crippen LogP contribution is -2.71. The van der Waals surface area contributed by atoms with Crippen molar-refractivity contribution in [2.45, 2.75) is 118 Å². The first-order valence-electron chi connectivity index (χ1n) is 13.9. The molecule has 11 unspecified atom stereocenters. The van der Waals surface area contributed by atoms with Gasteiger partial charge in [0.2, 0.25) is 0 Å². The summed E-state index contributed by atoms with van der Waals surface area (Å²) in [5.74, 6) is 1.27. The monoisotopic (exact) mass is 470 g/mol. The number of esters is 1. The van der Waals surface area contributed by atoms with Gasteiger partial charge in [-0.25, -0.2) is 0 Å². The fraction of sp³-hybridized carbons (Fsp3) is 0.900. The Hall–Kier alpha value is -0.870. The molecule has 1 saturated heterocycles. The first-order chi connectivity index (χ1) is 15.7. The Bertz CT molecular complexity index is 969. The van der Waals surface area contributed by atoms with Crippen LogP contribution < -0.4 is 0 Å². The van der Waals surface area contributed by atoms with Crippen molar-refractivity contribution in [3.63, 3.8) is 0 Å². The van der Waals surface area contributed by atoms with Crippen LogP contribution in [0.4, 0.5) is 0 Å². The van der Waals surface area contributed by atoms with Crippen molar-refractivity contribution in [1.82, 2.24) is 0 Å². The Morgan fingerprint density at radius 3 is 2.26 bits per heavy atom. The Morgan fingerprint density at radius 2 is 1.59 bits per heavy atom. The highest BCUT2D eigenvalue weighted by atomic mass is 16.6. The van der Waals surface area contributed by atoms with E-state index in [4.69, 9.17) is 4.74 Å². The molecule has 0 aromatic heterocycles. The summed E-state index contributed by atoms with van der Waals surface area (Å²) in [6.45, 7) is 16.5. The van der Waals surface area contributed by atoms with E-state index in [0.29, 0.717) is 11.8 Å². The number of carbonyl (C=O) groups is 1. The maximum atomic E-state index is 12.6. The van der Waals surface area contributed by atoms with Gasteiger partial charge in [-0.15, -0.1) is 0 Å². The van der Waals surface area contributed by atoms with Gasteiger partial charge in [-0.2, -0.15) is 0 Å². The van der Waals surface area contributed by atoms with Crippen LogP contribution in [0.2, 0.25) is 0 Å². The van der Waals surface area contributed by atoms with E-state index in [1.165, 1.54) is 18.4 Å². The van der Waals surface area contributed by atoms with Crippen LogP contribution in [0.25, 0.3) is 0 Å². The highest BCUT2D eigenvalue weighted by Gasteiger charge is 2.72. The average Bonchev–Trinajstić information content (AvgIpc) is 2.76. The van der Waals surface area contributed by atoms with Gasteiger partial charge in [0.05, 0.1) is 12.2 Å². The molecule has 5 aliphatic carbocycles. The van der Waals surface area contributed by atoms with Crippen molar-refractivity contribution in [3.8, 4) is 0 Å². The van der Waals surface area contributed by atoms with Crippen molar-refractivity contribution < 1.29 is 19.7 Å². The molecule has 5 fully saturated rings. The van der Waals surface area contributed by atoms with Crippen LogP contribution in [-0.4, -0.2) is 34.5 Å². The smallest absolute Gasteiger partial charge is 0.316 e. The summed E-state index contributed by atoms with van der Waals surface area (Å²) in [5.41, 5.74) is 1.26. The van der Waals surface area contributed by atoms with Crippen molar-refractivity contribution in [2.24, 2.45) is 50.2 Å². The molecule has 4 saturated carbocycles. The number of aliphatic hydroxyl groups excluding tert-OH is 2. The van der Waals surface area contributed by atoms with Crippen LogP contribution >= 0.6 is 0 Å². The molecule has 4 nitrogen and oxygen atoms in total. The third-order valence-corrected chi connectivity index (χ3v) is 13.8. The van der Waals surface area contributed by atoms with Gasteiger partial charge in [-0.3, -0.25) is 4.79 Å². The van der Waals surface area contributed by atoms with Gasteiger partial charge < -0.3 is 14.9 Å². The lowest BCUT2D eigenvalue weighted by Gasteiger charge is -2.72. The molecule has 4 heteroatoms. The van der Waals surface area contributed by atoms with Crippen LogP contribution in [0, 0.1) is 50.2 Å². The highest BCUT2D eigenvalue weighted by Crippen LogP contribution is 2.76. The second-order valence-electron chi connectivity index (χ2n) is 15.1. The second kappa shape index (κ2) is 6.52. The zero-order valence-electron chi connectivity index (χ0n) is 22.4. The average molecular weight is 471 g/mol. The Kier molecular flexibility index (Phi) is 4.51. The first-order valence-corrected chi connectivity index (χ1v) is 13.9. The topological polar surface area (TPSA) is 66.8 Å². The minimum Gasteiger partial charge on any atom is -0.458 e. The molecule has 0 aromatic carbocycles. The van der Waals surface area contributed by atoms with E-state index in [9.17, 15) is 15.0 Å². The molecular formula is C30H46O4. The molecular weight excluding hydrogens is 424 g/mol. The Balaban J connectivity index is 1.43. The molecule has 0 radical (unpaired) electrons. The van der Waals surface area contributed by atoms with Crippen molar-refractivity contribution >= 4 is 5.97 Å². The fourth-order valence-corrected chi connectivity index (χ4v) is 11.1. The van der Waals surface area contributed by atoms with E-state index in [-0.39, 0.29) is 51.2 Å². The highest BCUT2D eigenvalue weighted by molar-refractivity contribution is 5.83. The van der Waals surface area contributed by atoms with E-state index in [1.807, 2.05) is 6.92 Å². The lowest BCUT2D eigenvalue weighted by molar-refractivity contribution is -0.266. The zero-order chi connectivity index (χ0) is 24.7. The van der Waals surface area contributed by atoms with Crippen molar-refractivity contribution in [1.29, 1.82) is 0 Å². The third kappa shape index (κ3) is 2.37. The van der Waals surface area contributed by atoms with Crippen LogP contribution in [0.15, 0.2) is 11.6 Å². The molecule has 34 heavy (non-hydrogen) atoms. The van der Waals surface area contributed by atoms with Crippen LogP contribution in [-0.2, 0) is 9.53 Å². The molecule has 0 aromatic rings. The summed E-state index contributed by atoms with van der Waals surface area (Å²) in [5, 5.41) is 22.4.